The van der Waals surface area contributed by atoms with Crippen LogP contribution in [0, 0.1) is 0 Å². The quantitative estimate of drug-likeness (QED) is 0.398. The highest BCUT2D eigenvalue weighted by molar-refractivity contribution is 5.68. The molecule has 0 atom stereocenters. The predicted octanol–water partition coefficient (Wildman–Crippen LogP) is 3.45. The summed E-state index contributed by atoms with van der Waals surface area (Å²) in [5, 5.41) is 0. The van der Waals surface area contributed by atoms with Crippen LogP contribution in [0.4, 0.5) is 0 Å². The maximum Gasteiger partial charge on any atom is 0.132 e. The van der Waals surface area contributed by atoms with E-state index in [1.807, 2.05) is 55.4 Å². The van der Waals surface area contributed by atoms with Crippen molar-refractivity contribution >= 4 is 12.4 Å². The Kier molecular flexibility index (Phi) is 6.71. The monoisotopic (exact) mass is 256 g/mol. The van der Waals surface area contributed by atoms with E-state index in [2.05, 4.69) is 9.98 Å². The summed E-state index contributed by atoms with van der Waals surface area (Å²) in [5.74, 6) is 0. The second-order valence-corrected chi connectivity index (χ2v) is 6.12. The predicted molar refractivity (Wildman–Crippen MR) is 77.6 cm³/mol. The molecule has 18 heavy (non-hydrogen) atoms. The first-order valence-electron chi connectivity index (χ1n) is 6.49. The largest absolute Gasteiger partial charge is 0.292 e. The van der Waals surface area contributed by atoms with Gasteiger partial charge in [-0.05, 0) is 55.4 Å². The lowest BCUT2D eigenvalue weighted by molar-refractivity contribution is -0.367. The van der Waals surface area contributed by atoms with E-state index in [4.69, 9.17) is 9.78 Å². The minimum Gasteiger partial charge on any atom is -0.292 e. The third-order valence-electron chi connectivity index (χ3n) is 1.84. The lowest BCUT2D eigenvalue weighted by Gasteiger charge is -2.26. The SMILES string of the molecule is CC(C)N=CC(C)(C)OOC(C)(C)C=NC(C)C. The molecule has 0 aliphatic carbocycles. The zero-order valence-electron chi connectivity index (χ0n) is 13.0. The van der Waals surface area contributed by atoms with Gasteiger partial charge in [0, 0.05) is 24.5 Å². The van der Waals surface area contributed by atoms with Gasteiger partial charge in [0.2, 0.25) is 0 Å². The lowest BCUT2D eigenvalue weighted by atomic mass is 10.1. The molecule has 0 aliphatic heterocycles. The molecule has 0 fully saturated rings. The number of hydrogen-bond donors (Lipinski definition) is 0. The normalized spacial score (nSPS) is 14.6. The van der Waals surface area contributed by atoms with Gasteiger partial charge in [-0.1, -0.05) is 0 Å². The van der Waals surface area contributed by atoms with Crippen LogP contribution in [0.5, 0.6) is 0 Å². The summed E-state index contributed by atoms with van der Waals surface area (Å²) in [6.45, 7) is 15.7. The van der Waals surface area contributed by atoms with Gasteiger partial charge in [0.05, 0.1) is 0 Å². The van der Waals surface area contributed by atoms with Crippen molar-refractivity contribution in [2.75, 3.05) is 0 Å². The molecule has 0 saturated heterocycles. The van der Waals surface area contributed by atoms with Crippen molar-refractivity contribution in [3.05, 3.63) is 0 Å². The molecular formula is C14H28N2O2. The van der Waals surface area contributed by atoms with Crippen molar-refractivity contribution < 1.29 is 9.78 Å². The zero-order valence-corrected chi connectivity index (χ0v) is 13.0. The Morgan fingerprint density at radius 1 is 0.722 bits per heavy atom. The fourth-order valence-electron chi connectivity index (χ4n) is 0.915. The second kappa shape index (κ2) is 7.00. The average molecular weight is 256 g/mol. The van der Waals surface area contributed by atoms with E-state index in [9.17, 15) is 0 Å². The van der Waals surface area contributed by atoms with Crippen LogP contribution in [0.25, 0.3) is 0 Å². The van der Waals surface area contributed by atoms with Crippen molar-refractivity contribution in [1.29, 1.82) is 0 Å². The van der Waals surface area contributed by atoms with Gasteiger partial charge >= 0.3 is 0 Å². The smallest absolute Gasteiger partial charge is 0.132 e. The highest BCUT2D eigenvalue weighted by Gasteiger charge is 2.24. The van der Waals surface area contributed by atoms with Crippen LogP contribution in [0.3, 0.4) is 0 Å². The molecule has 0 saturated carbocycles. The van der Waals surface area contributed by atoms with Crippen molar-refractivity contribution in [2.24, 2.45) is 9.98 Å². The van der Waals surface area contributed by atoms with Crippen LogP contribution in [0.2, 0.25) is 0 Å². The molecule has 0 bridgehead atoms. The Labute approximate surface area is 111 Å². The summed E-state index contributed by atoms with van der Waals surface area (Å²) in [7, 11) is 0. The van der Waals surface area contributed by atoms with Crippen LogP contribution in [0.1, 0.15) is 55.4 Å². The fourth-order valence-corrected chi connectivity index (χ4v) is 0.915. The first-order valence-corrected chi connectivity index (χ1v) is 6.49. The molecule has 0 aliphatic rings. The summed E-state index contributed by atoms with van der Waals surface area (Å²) in [6.07, 6.45) is 3.54. The van der Waals surface area contributed by atoms with E-state index in [1.165, 1.54) is 0 Å². The molecule has 4 heteroatoms. The van der Waals surface area contributed by atoms with Gasteiger partial charge in [-0.15, -0.1) is 0 Å². The van der Waals surface area contributed by atoms with Gasteiger partial charge in [0.25, 0.3) is 0 Å². The maximum absolute atomic E-state index is 5.44. The van der Waals surface area contributed by atoms with E-state index < -0.39 is 11.2 Å². The number of aliphatic imine (C=N–C) groups is 2. The second-order valence-electron chi connectivity index (χ2n) is 6.12. The molecule has 0 rings (SSSR count). The average Bonchev–Trinajstić information content (AvgIpc) is 2.22. The van der Waals surface area contributed by atoms with E-state index in [0.717, 1.165) is 0 Å². The van der Waals surface area contributed by atoms with Crippen LogP contribution >= 0.6 is 0 Å². The van der Waals surface area contributed by atoms with Crippen molar-refractivity contribution in [2.45, 2.75) is 78.7 Å². The van der Waals surface area contributed by atoms with Gasteiger partial charge in [-0.3, -0.25) is 9.98 Å². The first-order chi connectivity index (χ1) is 8.04. The molecule has 0 aromatic carbocycles. The molecule has 0 spiro atoms. The topological polar surface area (TPSA) is 43.2 Å². The summed E-state index contributed by atoms with van der Waals surface area (Å²) in [5.41, 5.74) is -1.10. The molecule has 0 N–H and O–H groups in total. The van der Waals surface area contributed by atoms with Gasteiger partial charge in [0.1, 0.15) is 11.2 Å². The molecule has 0 radical (unpaired) electrons. The minimum absolute atomic E-state index is 0.253. The van der Waals surface area contributed by atoms with Crippen molar-refractivity contribution in [1.82, 2.24) is 0 Å². The number of hydrogen-bond acceptors (Lipinski definition) is 4. The Bertz CT molecular complexity index is 262. The lowest BCUT2D eigenvalue weighted by Crippen LogP contribution is -2.35. The van der Waals surface area contributed by atoms with Crippen LogP contribution in [0.15, 0.2) is 9.98 Å². The summed E-state index contributed by atoms with van der Waals surface area (Å²) in [6, 6.07) is 0.506. The first kappa shape index (κ1) is 17.3. The zero-order chi connectivity index (χ0) is 14.4. The molecule has 4 nitrogen and oxygen atoms in total. The summed E-state index contributed by atoms with van der Waals surface area (Å²) >= 11 is 0. The Hall–Kier alpha value is -0.740. The highest BCUT2D eigenvalue weighted by Crippen LogP contribution is 2.14. The fraction of sp³-hybridized carbons (Fsp3) is 0.857. The van der Waals surface area contributed by atoms with Crippen molar-refractivity contribution in [3.63, 3.8) is 0 Å². The third-order valence-corrected chi connectivity index (χ3v) is 1.84. The molecule has 106 valence electrons. The standard InChI is InChI=1S/C14H28N2O2/c1-11(2)15-9-13(5,6)17-18-14(7,8)10-16-12(3)4/h9-12H,1-8H3. The molecule has 0 aromatic rings. The van der Waals surface area contributed by atoms with E-state index in [1.54, 1.807) is 12.4 Å². The van der Waals surface area contributed by atoms with Crippen LogP contribution in [-0.4, -0.2) is 35.7 Å². The van der Waals surface area contributed by atoms with Crippen LogP contribution in [-0.2, 0) is 9.78 Å². The molecular weight excluding hydrogens is 228 g/mol. The van der Waals surface area contributed by atoms with Crippen LogP contribution < -0.4 is 0 Å². The minimum atomic E-state index is -0.548. The number of rotatable bonds is 7. The van der Waals surface area contributed by atoms with Gasteiger partial charge in [-0.2, -0.15) is 0 Å². The van der Waals surface area contributed by atoms with Gasteiger partial charge < -0.3 is 0 Å². The number of nitrogens with zero attached hydrogens (tertiary/aromatic N) is 2. The molecule has 0 amide bonds. The summed E-state index contributed by atoms with van der Waals surface area (Å²) in [4.78, 5) is 19.5. The van der Waals surface area contributed by atoms with E-state index in [0.29, 0.717) is 0 Å². The summed E-state index contributed by atoms with van der Waals surface area (Å²) < 4.78 is 0. The Balaban J connectivity index is 4.37. The Morgan fingerprint density at radius 2 is 1.00 bits per heavy atom. The van der Waals surface area contributed by atoms with E-state index in [-0.39, 0.29) is 12.1 Å². The van der Waals surface area contributed by atoms with Gasteiger partial charge in [-0.25, -0.2) is 9.78 Å². The van der Waals surface area contributed by atoms with Gasteiger partial charge in [0.15, 0.2) is 0 Å². The molecule has 0 aromatic heterocycles. The third kappa shape index (κ3) is 9.31. The molecule has 0 unspecified atom stereocenters. The highest BCUT2D eigenvalue weighted by atomic mass is 17.2. The Morgan fingerprint density at radius 3 is 1.22 bits per heavy atom. The maximum atomic E-state index is 5.44. The van der Waals surface area contributed by atoms with E-state index >= 15 is 0 Å². The van der Waals surface area contributed by atoms with Crippen molar-refractivity contribution in [3.8, 4) is 0 Å². The molecule has 0 heterocycles.